The highest BCUT2D eigenvalue weighted by molar-refractivity contribution is 6.30. The lowest BCUT2D eigenvalue weighted by Gasteiger charge is -2.31. The van der Waals surface area contributed by atoms with Crippen molar-refractivity contribution in [3.8, 4) is 17.0 Å². The van der Waals surface area contributed by atoms with Crippen LogP contribution in [0.25, 0.3) is 16.8 Å². The van der Waals surface area contributed by atoms with Gasteiger partial charge in [0.25, 0.3) is 5.56 Å². The third-order valence-electron chi connectivity index (χ3n) is 5.92. The zero-order valence-corrected chi connectivity index (χ0v) is 19.8. The van der Waals surface area contributed by atoms with Crippen LogP contribution in [0.5, 0.6) is 5.75 Å². The number of carbonyl (C=O) groups excluding carboxylic acids is 1. The van der Waals surface area contributed by atoms with Crippen LogP contribution in [0.15, 0.2) is 47.5 Å². The van der Waals surface area contributed by atoms with E-state index in [-0.39, 0.29) is 11.7 Å². The topological polar surface area (TPSA) is 76.0 Å². The summed E-state index contributed by atoms with van der Waals surface area (Å²) in [5.74, 6) is 1.51. The number of aromatic nitrogens is 2. The molecule has 176 valence electrons. The van der Waals surface area contributed by atoms with Crippen LogP contribution in [0.1, 0.15) is 33.1 Å². The first-order chi connectivity index (χ1) is 15.9. The number of hydrogen-bond acceptors (Lipinski definition) is 4. The van der Waals surface area contributed by atoms with E-state index in [9.17, 15) is 9.59 Å². The van der Waals surface area contributed by atoms with E-state index in [0.717, 1.165) is 37.9 Å². The van der Waals surface area contributed by atoms with Crippen LogP contribution in [0.4, 0.5) is 4.79 Å². The minimum absolute atomic E-state index is 0.181. The van der Waals surface area contributed by atoms with Crippen molar-refractivity contribution >= 4 is 23.2 Å². The Kier molecular flexibility index (Phi) is 7.28. The molecule has 0 aliphatic carbocycles. The molecule has 1 amide bonds. The molecule has 1 aliphatic rings. The molecule has 0 saturated carbocycles. The van der Waals surface area contributed by atoms with Crippen molar-refractivity contribution in [2.75, 3.05) is 26.3 Å². The number of carbonyl (C=O) groups is 1. The number of ether oxygens (including phenoxy) is 2. The van der Waals surface area contributed by atoms with Gasteiger partial charge in [-0.05, 0) is 43.2 Å². The van der Waals surface area contributed by atoms with E-state index in [1.165, 1.54) is 0 Å². The van der Waals surface area contributed by atoms with Gasteiger partial charge in [-0.25, -0.2) is 4.79 Å². The third-order valence-corrected chi connectivity index (χ3v) is 6.15. The van der Waals surface area contributed by atoms with Crippen molar-refractivity contribution in [2.45, 2.75) is 33.1 Å². The fourth-order valence-electron chi connectivity index (χ4n) is 4.06. The molecule has 0 bridgehead atoms. The van der Waals surface area contributed by atoms with Crippen molar-refractivity contribution in [1.29, 1.82) is 0 Å². The predicted molar refractivity (Wildman–Crippen MR) is 129 cm³/mol. The Balaban J connectivity index is 1.30. The fraction of sp³-hybridized carbons (Fsp3) is 0.440. The highest BCUT2D eigenvalue weighted by Gasteiger charge is 2.24. The zero-order valence-electron chi connectivity index (χ0n) is 19.1. The SMILES string of the molecule is CC(C)COC(=O)N1CCC(CCOc2cc3c(=O)[nH]c(-c4cccc(Cl)c4)cn3c2)CC1. The summed E-state index contributed by atoms with van der Waals surface area (Å²) >= 11 is 6.08. The number of amides is 1. The van der Waals surface area contributed by atoms with Crippen LogP contribution in [0.3, 0.4) is 0 Å². The lowest BCUT2D eigenvalue weighted by atomic mass is 9.94. The molecule has 1 fully saturated rings. The Morgan fingerprint density at radius 2 is 2.00 bits per heavy atom. The van der Waals surface area contributed by atoms with Gasteiger partial charge in [-0.1, -0.05) is 37.6 Å². The summed E-state index contributed by atoms with van der Waals surface area (Å²) in [6, 6.07) is 9.12. The molecule has 1 saturated heterocycles. The van der Waals surface area contributed by atoms with E-state index >= 15 is 0 Å². The van der Waals surface area contributed by atoms with Crippen LogP contribution in [-0.2, 0) is 4.74 Å². The Labute approximate surface area is 198 Å². The Bertz CT molecular complexity index is 1160. The summed E-state index contributed by atoms with van der Waals surface area (Å²) in [7, 11) is 0. The molecule has 4 rings (SSSR count). The summed E-state index contributed by atoms with van der Waals surface area (Å²) in [6.07, 6.45) is 6.28. The highest BCUT2D eigenvalue weighted by atomic mass is 35.5. The van der Waals surface area contributed by atoms with Crippen molar-refractivity contribution in [3.63, 3.8) is 0 Å². The molecule has 0 radical (unpaired) electrons. The number of hydrogen-bond donors (Lipinski definition) is 1. The van der Waals surface area contributed by atoms with Crippen molar-refractivity contribution < 1.29 is 14.3 Å². The third kappa shape index (κ3) is 5.90. The average Bonchev–Trinajstić information content (AvgIpc) is 3.21. The zero-order chi connectivity index (χ0) is 23.4. The maximum Gasteiger partial charge on any atom is 0.409 e. The van der Waals surface area contributed by atoms with E-state index in [1.807, 2.05) is 44.4 Å². The van der Waals surface area contributed by atoms with E-state index in [2.05, 4.69) is 4.98 Å². The summed E-state index contributed by atoms with van der Waals surface area (Å²) < 4.78 is 13.1. The van der Waals surface area contributed by atoms with Gasteiger partial charge >= 0.3 is 6.09 Å². The van der Waals surface area contributed by atoms with Crippen molar-refractivity contribution in [1.82, 2.24) is 14.3 Å². The fourth-order valence-corrected chi connectivity index (χ4v) is 4.25. The minimum atomic E-state index is -0.207. The molecule has 2 aromatic heterocycles. The van der Waals surface area contributed by atoms with Gasteiger partial charge in [0.2, 0.25) is 0 Å². The Morgan fingerprint density at radius 3 is 2.73 bits per heavy atom. The number of nitrogens with zero attached hydrogens (tertiary/aromatic N) is 2. The largest absolute Gasteiger partial charge is 0.492 e. The second kappa shape index (κ2) is 10.3. The first kappa shape index (κ1) is 23.2. The molecular formula is C25H30ClN3O4. The number of fused-ring (bicyclic) bond motifs is 1. The number of aromatic amines is 1. The number of nitrogens with one attached hydrogen (secondary N) is 1. The summed E-state index contributed by atoms with van der Waals surface area (Å²) in [4.78, 5) is 29.4. The van der Waals surface area contributed by atoms with Crippen LogP contribution >= 0.6 is 11.6 Å². The Hall–Kier alpha value is -2.93. The molecule has 33 heavy (non-hydrogen) atoms. The molecule has 8 heteroatoms. The number of likely N-dealkylation sites (tertiary alicyclic amines) is 1. The minimum Gasteiger partial charge on any atom is -0.492 e. The van der Waals surface area contributed by atoms with Crippen LogP contribution in [0, 0.1) is 11.8 Å². The molecule has 7 nitrogen and oxygen atoms in total. The second-order valence-electron chi connectivity index (χ2n) is 9.01. The van der Waals surface area contributed by atoms with E-state index in [0.29, 0.717) is 47.0 Å². The molecule has 0 atom stereocenters. The van der Waals surface area contributed by atoms with Crippen LogP contribution in [0.2, 0.25) is 5.02 Å². The van der Waals surface area contributed by atoms with Crippen LogP contribution in [-0.4, -0.2) is 46.7 Å². The number of benzene rings is 1. The van der Waals surface area contributed by atoms with Crippen molar-refractivity contribution in [2.24, 2.45) is 11.8 Å². The monoisotopic (exact) mass is 471 g/mol. The summed E-state index contributed by atoms with van der Waals surface area (Å²) in [5.41, 5.74) is 1.89. The molecule has 0 unspecified atom stereocenters. The van der Waals surface area contributed by atoms with E-state index in [4.69, 9.17) is 21.1 Å². The number of halogens is 1. The second-order valence-corrected chi connectivity index (χ2v) is 9.45. The van der Waals surface area contributed by atoms with Gasteiger partial charge in [0.1, 0.15) is 11.3 Å². The van der Waals surface area contributed by atoms with Crippen molar-refractivity contribution in [3.05, 3.63) is 58.1 Å². The first-order valence-corrected chi connectivity index (χ1v) is 11.8. The van der Waals surface area contributed by atoms with E-state index in [1.54, 1.807) is 21.4 Å². The average molecular weight is 472 g/mol. The smallest absolute Gasteiger partial charge is 0.409 e. The molecule has 1 N–H and O–H groups in total. The molecule has 1 aliphatic heterocycles. The van der Waals surface area contributed by atoms with Gasteiger partial charge < -0.3 is 23.8 Å². The maximum absolute atomic E-state index is 12.6. The predicted octanol–water partition coefficient (Wildman–Crippen LogP) is 5.22. The molecular weight excluding hydrogens is 442 g/mol. The molecule has 0 spiro atoms. The standard InChI is InChI=1S/C25H30ClN3O4/c1-17(2)16-33-25(31)28-9-6-18(7-10-28)8-11-32-21-13-23-24(30)27-22(15-29(23)14-21)19-4-3-5-20(26)12-19/h3-5,12-15,17-18H,6-11,16H2,1-2H3,(H,27,30). The first-order valence-electron chi connectivity index (χ1n) is 11.4. The van der Waals surface area contributed by atoms with Gasteiger partial charge in [0, 0.05) is 35.9 Å². The Morgan fingerprint density at radius 1 is 1.21 bits per heavy atom. The van der Waals surface area contributed by atoms with Gasteiger partial charge in [-0.3, -0.25) is 4.79 Å². The van der Waals surface area contributed by atoms with Gasteiger partial charge in [0.15, 0.2) is 0 Å². The van der Waals surface area contributed by atoms with Gasteiger partial charge in [-0.2, -0.15) is 0 Å². The molecule has 1 aromatic carbocycles. The number of rotatable bonds is 7. The molecule has 3 aromatic rings. The van der Waals surface area contributed by atoms with E-state index < -0.39 is 0 Å². The normalized spacial score (nSPS) is 14.7. The van der Waals surface area contributed by atoms with Gasteiger partial charge in [0.05, 0.1) is 25.1 Å². The van der Waals surface area contributed by atoms with Crippen LogP contribution < -0.4 is 10.3 Å². The lowest BCUT2D eigenvalue weighted by Crippen LogP contribution is -2.39. The maximum atomic E-state index is 12.6. The highest BCUT2D eigenvalue weighted by Crippen LogP contribution is 2.24. The summed E-state index contributed by atoms with van der Waals surface area (Å²) in [5, 5.41) is 0.614. The molecule has 3 heterocycles. The number of H-pyrrole nitrogens is 1. The lowest BCUT2D eigenvalue weighted by molar-refractivity contribution is 0.0769. The quantitative estimate of drug-likeness (QED) is 0.512. The number of piperidine rings is 1. The van der Waals surface area contributed by atoms with Gasteiger partial charge in [-0.15, -0.1) is 0 Å². The summed E-state index contributed by atoms with van der Waals surface area (Å²) in [6.45, 7) is 6.53.